The number of ether oxygens (including phenoxy) is 3. The van der Waals surface area contributed by atoms with E-state index in [1.807, 2.05) is 0 Å². The van der Waals surface area contributed by atoms with Crippen LogP contribution in [0.4, 0.5) is 36.8 Å². The Bertz CT molecular complexity index is 1960. The van der Waals surface area contributed by atoms with Crippen molar-refractivity contribution in [2.45, 2.75) is 69.9 Å². The predicted octanol–water partition coefficient (Wildman–Crippen LogP) is 6.92. The molecule has 0 aromatic heterocycles. The Balaban J connectivity index is 1.22. The van der Waals surface area contributed by atoms with Gasteiger partial charge in [0.15, 0.2) is 11.5 Å². The van der Waals surface area contributed by atoms with Crippen molar-refractivity contribution in [1.29, 1.82) is 0 Å². The lowest BCUT2D eigenvalue weighted by molar-refractivity contribution is -0.392. The molecule has 3 aliphatic heterocycles. The normalized spacial score (nSPS) is 22.0. The number of alkyl halides is 6. The summed E-state index contributed by atoms with van der Waals surface area (Å²) in [5, 5.41) is 2.68. The van der Waals surface area contributed by atoms with E-state index in [4.69, 9.17) is 14.2 Å². The third kappa shape index (κ3) is 7.19. The minimum atomic E-state index is -5.88. The van der Waals surface area contributed by atoms with Crippen LogP contribution >= 0.6 is 0 Å². The maximum atomic E-state index is 14.7. The van der Waals surface area contributed by atoms with E-state index in [1.165, 1.54) is 54.3 Å². The third-order valence-corrected chi connectivity index (χ3v) is 10.2. The van der Waals surface area contributed by atoms with Crippen molar-refractivity contribution < 1.29 is 54.9 Å². The molecule has 4 amide bonds. The predicted molar refractivity (Wildman–Crippen MR) is 189 cm³/mol. The zero-order chi connectivity index (χ0) is 39.9. The van der Waals surface area contributed by atoms with Crippen LogP contribution in [0.2, 0.25) is 0 Å². The topological polar surface area (TPSA) is 101 Å². The highest BCUT2D eigenvalue weighted by Gasteiger charge is 2.73. The number of rotatable bonds is 9. The maximum Gasteiger partial charge on any atom is 0.430 e. The summed E-state index contributed by atoms with van der Waals surface area (Å²) in [6.45, 7) is 6.00. The maximum absolute atomic E-state index is 14.7. The third-order valence-electron chi connectivity index (χ3n) is 10.2. The van der Waals surface area contributed by atoms with E-state index >= 15 is 0 Å². The number of halogens is 6. The highest BCUT2D eigenvalue weighted by molar-refractivity contribution is 6.09. The van der Waals surface area contributed by atoms with E-state index in [0.717, 1.165) is 17.0 Å². The second kappa shape index (κ2) is 14.8. The molecule has 3 aliphatic rings. The number of nitrogens with one attached hydrogen (secondary N) is 1. The fraction of sp³-hybridized carbons (Fsp3) is 0.410. The van der Waals surface area contributed by atoms with Crippen LogP contribution in [0, 0.1) is 0 Å². The first-order valence-corrected chi connectivity index (χ1v) is 17.6. The number of carbonyl (C=O) groups is 3. The zero-order valence-electron chi connectivity index (χ0n) is 30.5. The molecule has 3 heterocycles. The summed E-state index contributed by atoms with van der Waals surface area (Å²) in [6.07, 6.45) is -8.84. The summed E-state index contributed by atoms with van der Waals surface area (Å²) in [5.41, 5.74) is -6.25. The number of hydrogen-bond donors (Lipinski definition) is 1. The molecule has 0 radical (unpaired) electrons. The number of benzene rings is 3. The van der Waals surface area contributed by atoms with Crippen LogP contribution in [-0.4, -0.2) is 84.9 Å². The summed E-state index contributed by atoms with van der Waals surface area (Å²) < 4.78 is 104. The van der Waals surface area contributed by atoms with Gasteiger partial charge in [0.25, 0.3) is 11.5 Å². The highest BCUT2D eigenvalue weighted by Crippen LogP contribution is 2.54. The molecule has 0 saturated carbocycles. The quantitative estimate of drug-likeness (QED) is 0.186. The number of allylic oxidation sites excluding steroid dienone is 1. The summed E-state index contributed by atoms with van der Waals surface area (Å²) in [5.74, 6) is -0.235. The van der Waals surface area contributed by atoms with Gasteiger partial charge >= 0.3 is 18.4 Å². The van der Waals surface area contributed by atoms with Crippen LogP contribution in [0.3, 0.4) is 0 Å². The summed E-state index contributed by atoms with van der Waals surface area (Å²) >= 11 is 0. The first-order chi connectivity index (χ1) is 25.9. The minimum absolute atomic E-state index is 0.0787. The Hall–Kier alpha value is -5.25. The Labute approximate surface area is 313 Å². The van der Waals surface area contributed by atoms with Crippen LogP contribution < -0.4 is 19.7 Å². The molecule has 55 heavy (non-hydrogen) atoms. The average molecular weight is 775 g/mol. The molecule has 6 rings (SSSR count). The molecule has 16 heteroatoms. The molecule has 10 nitrogen and oxygen atoms in total. The number of piperazine rings is 1. The number of fused-ring (bicyclic) bond motifs is 1. The highest BCUT2D eigenvalue weighted by atomic mass is 19.4. The fourth-order valence-electron chi connectivity index (χ4n) is 7.28. The molecule has 0 spiro atoms. The molecule has 3 aromatic carbocycles. The summed E-state index contributed by atoms with van der Waals surface area (Å²) in [4.78, 5) is 44.6. The van der Waals surface area contributed by atoms with Gasteiger partial charge in [-0.25, -0.2) is 4.79 Å². The second-order valence-electron chi connectivity index (χ2n) is 13.9. The first-order valence-electron chi connectivity index (χ1n) is 17.6. The Morgan fingerprint density at radius 1 is 0.909 bits per heavy atom. The SMILES string of the molecule is CC=Cc1cc(C(OCc2ccccc2)(C(F)(F)F)C(F)(F)F)ccc1N1CC(C)N(C(=O)CN2C(=O)N[C@](C)(c3ccc4c(c3)OCCO4)C2=O)CC1C. The number of anilines is 1. The summed E-state index contributed by atoms with van der Waals surface area (Å²) in [6, 6.07) is 13.2. The van der Waals surface area contributed by atoms with Gasteiger partial charge in [0.2, 0.25) is 5.91 Å². The van der Waals surface area contributed by atoms with Crippen molar-refractivity contribution in [3.05, 3.63) is 95.1 Å². The van der Waals surface area contributed by atoms with Crippen molar-refractivity contribution in [2.75, 3.05) is 37.7 Å². The van der Waals surface area contributed by atoms with Gasteiger partial charge in [0.1, 0.15) is 25.3 Å². The van der Waals surface area contributed by atoms with Gasteiger partial charge in [-0.05, 0) is 68.7 Å². The van der Waals surface area contributed by atoms with Crippen molar-refractivity contribution >= 4 is 29.6 Å². The number of hydrogen-bond acceptors (Lipinski definition) is 7. The van der Waals surface area contributed by atoms with Crippen molar-refractivity contribution in [1.82, 2.24) is 15.1 Å². The zero-order valence-corrected chi connectivity index (χ0v) is 30.5. The van der Waals surface area contributed by atoms with Crippen LogP contribution in [0.25, 0.3) is 6.08 Å². The Morgan fingerprint density at radius 3 is 2.24 bits per heavy atom. The van der Waals surface area contributed by atoms with Gasteiger partial charge in [0, 0.05) is 36.4 Å². The summed E-state index contributed by atoms with van der Waals surface area (Å²) in [7, 11) is 0. The molecule has 2 unspecified atom stereocenters. The van der Waals surface area contributed by atoms with E-state index in [9.17, 15) is 40.7 Å². The van der Waals surface area contributed by atoms with Crippen LogP contribution in [0.1, 0.15) is 49.9 Å². The lowest BCUT2D eigenvalue weighted by atomic mass is 9.89. The minimum Gasteiger partial charge on any atom is -0.486 e. The molecule has 3 atom stereocenters. The van der Waals surface area contributed by atoms with E-state index in [-0.39, 0.29) is 24.2 Å². The lowest BCUT2D eigenvalue weighted by Crippen LogP contribution is -2.60. The second-order valence-corrected chi connectivity index (χ2v) is 13.9. The van der Waals surface area contributed by atoms with Gasteiger partial charge in [-0.2, -0.15) is 26.3 Å². The molecule has 2 saturated heterocycles. The standard InChI is InChI=1S/C39H40F6N4O6/c1-5-9-27-18-29(37(38(40,41)42,39(43,44)45)55-23-26-10-7-6-8-11-26)12-14-30(27)47-20-25(3)48(21-24(47)2)33(50)22-49-34(51)36(4,46-35(49)52)28-13-15-31-32(19-28)54-17-16-53-31/h5-15,18-19,24-25H,16-17,20-23H2,1-4H3,(H,46,52)/t24?,25?,36-/m1/s1. The van der Waals surface area contributed by atoms with Gasteiger partial charge < -0.3 is 29.3 Å². The number of amides is 4. The van der Waals surface area contributed by atoms with Gasteiger partial charge in [-0.3, -0.25) is 14.5 Å². The van der Waals surface area contributed by atoms with E-state index in [2.05, 4.69) is 5.32 Å². The Morgan fingerprint density at radius 2 is 1.58 bits per heavy atom. The average Bonchev–Trinajstić information content (AvgIpc) is 3.35. The molecular weight excluding hydrogens is 734 g/mol. The van der Waals surface area contributed by atoms with Crippen LogP contribution in [0.5, 0.6) is 11.5 Å². The molecular formula is C39H40F6N4O6. The van der Waals surface area contributed by atoms with E-state index in [0.29, 0.717) is 36.0 Å². The van der Waals surface area contributed by atoms with E-state index < -0.39 is 72.1 Å². The largest absolute Gasteiger partial charge is 0.486 e. The van der Waals surface area contributed by atoms with Gasteiger partial charge in [-0.15, -0.1) is 0 Å². The first kappa shape index (κ1) is 39.4. The number of nitrogens with zero attached hydrogens (tertiary/aromatic N) is 3. The number of carbonyl (C=O) groups excluding carboxylic acids is 3. The molecule has 2 fully saturated rings. The monoisotopic (exact) mass is 774 g/mol. The molecule has 3 aromatic rings. The van der Waals surface area contributed by atoms with E-state index in [1.54, 1.807) is 49.9 Å². The fourth-order valence-corrected chi connectivity index (χ4v) is 7.28. The molecule has 1 N–H and O–H groups in total. The van der Waals surface area contributed by atoms with Crippen molar-refractivity contribution in [3.8, 4) is 11.5 Å². The van der Waals surface area contributed by atoms with Gasteiger partial charge in [-0.1, -0.05) is 54.6 Å². The molecule has 0 bridgehead atoms. The van der Waals surface area contributed by atoms with Crippen molar-refractivity contribution in [2.24, 2.45) is 0 Å². The smallest absolute Gasteiger partial charge is 0.430 e. The number of urea groups is 1. The lowest BCUT2D eigenvalue weighted by Gasteiger charge is -2.46. The molecule has 0 aliphatic carbocycles. The Kier molecular flexibility index (Phi) is 10.6. The van der Waals surface area contributed by atoms with Crippen molar-refractivity contribution in [3.63, 3.8) is 0 Å². The van der Waals surface area contributed by atoms with Gasteiger partial charge in [0.05, 0.1) is 6.61 Å². The molecule has 294 valence electrons. The number of imide groups is 1. The van der Waals surface area contributed by atoms with Crippen LogP contribution in [0.15, 0.2) is 72.8 Å². The van der Waals surface area contributed by atoms with Crippen LogP contribution in [-0.2, 0) is 32.1 Å².